The zero-order valence-electron chi connectivity index (χ0n) is 79.6. The maximum atomic E-state index is 13.1. The number of nitrogens with zero attached hydrogens (tertiary/aromatic N) is 4. The van der Waals surface area contributed by atoms with Crippen molar-refractivity contribution >= 4 is 248 Å². The fourth-order valence-corrected chi connectivity index (χ4v) is 21.0. The van der Waals surface area contributed by atoms with E-state index < -0.39 is 284 Å². The number of nitrogens with two attached hydrogens (primary N) is 8. The van der Waals surface area contributed by atoms with Crippen molar-refractivity contribution in [1.29, 1.82) is 0 Å². The van der Waals surface area contributed by atoms with Crippen molar-refractivity contribution in [2.24, 2.45) is 69.5 Å². The van der Waals surface area contributed by atoms with Crippen molar-refractivity contribution in [2.75, 3.05) is 65.4 Å². The summed E-state index contributed by atoms with van der Waals surface area (Å²) in [5.41, 5.74) is 36.0. The monoisotopic (exact) mass is 2260 g/mol. The summed E-state index contributed by atoms with van der Waals surface area (Å²) in [6, 6.07) is -10.2. The van der Waals surface area contributed by atoms with Crippen LogP contribution < -0.4 is 107 Å². The molecule has 56 nitrogen and oxygen atoms in total. The zero-order valence-corrected chi connectivity index (χ0v) is 90.8. The van der Waals surface area contributed by atoms with Gasteiger partial charge in [0.15, 0.2) is 22.2 Å². The van der Waals surface area contributed by atoms with Crippen LogP contribution in [0.25, 0.3) is 0 Å². The predicted molar refractivity (Wildman–Crippen MR) is 560 cm³/mol. The van der Waals surface area contributed by atoms with Crippen LogP contribution in [0.5, 0.6) is 0 Å². The van der Waals surface area contributed by atoms with Crippen LogP contribution in [-0.2, 0) is 98.4 Å². The third-order valence-electron chi connectivity index (χ3n) is 23.9. The van der Waals surface area contributed by atoms with Crippen molar-refractivity contribution in [3.8, 4) is 0 Å². The first-order chi connectivity index (χ1) is 61.2. The van der Waals surface area contributed by atoms with Crippen molar-refractivity contribution < 1.29 is 152 Å². The molecule has 7 aliphatic rings. The molecule has 0 bridgehead atoms. The second kappa shape index (κ2) is 62.2. The van der Waals surface area contributed by atoms with E-state index in [-0.39, 0.29) is 236 Å². The van der Waals surface area contributed by atoms with Crippen molar-refractivity contribution in [2.45, 2.75) is 271 Å². The lowest BCUT2D eigenvalue weighted by molar-refractivity contribution is -0.149. The molecule has 141 heavy (non-hydrogen) atoms. The summed E-state index contributed by atoms with van der Waals surface area (Å²) in [4.78, 5) is 148. The minimum absolute atomic E-state index is 0. The van der Waals surface area contributed by atoms with Gasteiger partial charge >= 0.3 is 52.4 Å². The number of hydrogen-bond acceptors (Lipinski definition) is 36. The Morgan fingerprint density at radius 1 is 0.362 bits per heavy atom. The first-order valence-corrected chi connectivity index (χ1v) is 48.9. The van der Waals surface area contributed by atoms with Gasteiger partial charge in [-0.25, -0.2) is 23.9 Å². The SMILES string of the molecule is CC(NS(=O)(=O)N1C[C@H](CCCB(O)O)[C@](NC(=O)[C@H](C)NC(=O)[C@H](C)N)(C(=O)O)C1)C1(N)CC1.C[C@H](N)C(=O)N[C@@H](C)C(=O)N[C@@]1(C(=O)O)CN(S(=O)(=O)NCCN)C[C@@H]1CCCB(O)O.C[C@H](N)C(=O)N[C@@H](C)C(=O)N[C@@]1(C(=O)O)CN(S(=O)(=O)N[C@@H]2C[C@H]2N)C[C@@H]1CCCB(O)O.C[C@H](N)C(=O)N[C@@H](C)C(=O)N[C@@]1(C(=O)O)CN(S(=O)(=O)N[C@H]2C[C@@H]2N)C[C@@H]1CCCB(O)O.S.S.S.S.S.S.S.S. The third-order valence-corrected chi connectivity index (χ3v) is 30.2. The molecule has 21 atom stereocenters. The molecule has 4 aliphatic heterocycles. The number of carbonyl (C=O) groups excluding carboxylic acids is 8. The number of rotatable bonds is 50. The first-order valence-electron chi connectivity index (χ1n) is 43.2. The van der Waals surface area contributed by atoms with Crippen LogP contribution in [0.1, 0.15) is 139 Å². The van der Waals surface area contributed by atoms with Gasteiger partial charge in [-0.05, 0) is 139 Å². The number of carboxylic acids is 4. The van der Waals surface area contributed by atoms with Gasteiger partial charge < -0.3 is 149 Å². The number of carboxylic acid groups (broad SMARTS) is 4. The molecule has 0 radical (unpaired) electrons. The minimum Gasteiger partial charge on any atom is -0.479 e. The average Bonchev–Trinajstić information content (AvgIpc) is 1.61. The predicted octanol–water partition coefficient (Wildman–Crippen LogP) is -14.9. The van der Waals surface area contributed by atoms with Gasteiger partial charge in [0, 0.05) is 125 Å². The Morgan fingerprint density at radius 2 is 0.567 bits per heavy atom. The van der Waals surface area contributed by atoms with E-state index in [1.54, 1.807) is 6.92 Å². The Kier molecular flexibility index (Phi) is 64.0. The number of hydrogen-bond donors (Lipinski definition) is 32. The highest BCUT2D eigenvalue weighted by molar-refractivity contribution is 7.88. The summed E-state index contributed by atoms with van der Waals surface area (Å²) in [5, 5.41) is 132. The van der Waals surface area contributed by atoms with Gasteiger partial charge in [-0.15, -0.1) is 0 Å². The maximum absolute atomic E-state index is 13.1. The Bertz CT molecular complexity index is 4410. The Labute approximate surface area is 878 Å². The number of aliphatic carboxylic acids is 4. The van der Waals surface area contributed by atoms with Crippen LogP contribution in [0, 0.1) is 23.7 Å². The van der Waals surface area contributed by atoms with Gasteiger partial charge in [0.2, 0.25) is 47.3 Å². The van der Waals surface area contributed by atoms with Gasteiger partial charge in [-0.2, -0.15) is 173 Å². The molecule has 3 saturated carbocycles. The summed E-state index contributed by atoms with van der Waals surface area (Å²) < 4.78 is 116. The average molecular weight is 2260 g/mol. The van der Waals surface area contributed by atoms with E-state index in [1.165, 1.54) is 55.4 Å². The van der Waals surface area contributed by atoms with E-state index in [2.05, 4.69) is 61.4 Å². The molecule has 0 aromatic carbocycles. The van der Waals surface area contributed by atoms with E-state index in [1.807, 2.05) is 0 Å². The molecular weight excluding hydrogens is 2100 g/mol. The molecule has 0 aromatic rings. The molecule has 4 saturated heterocycles. The molecular formula is C69H152B4N24O32S12. The second-order valence-electron chi connectivity index (χ2n) is 35.3. The third kappa shape index (κ3) is 42.5. The zero-order chi connectivity index (χ0) is 102. The molecule has 40 N–H and O–H groups in total. The van der Waals surface area contributed by atoms with Gasteiger partial charge in [-0.3, -0.25) is 38.4 Å². The molecule has 8 amide bonds. The molecule has 0 spiro atoms. The van der Waals surface area contributed by atoms with Crippen molar-refractivity contribution in [3.63, 3.8) is 0 Å². The lowest BCUT2D eigenvalue weighted by Gasteiger charge is -2.33. The van der Waals surface area contributed by atoms with Crippen LogP contribution in [0.15, 0.2) is 0 Å². The Hall–Kier alpha value is -4.46. The van der Waals surface area contributed by atoms with Gasteiger partial charge in [-0.1, -0.05) is 25.7 Å². The van der Waals surface area contributed by atoms with Crippen LogP contribution in [-0.4, -0.2) is 383 Å². The standard InChI is InChI=1S/C19H37BN6O8S.2C17H33BN6O8S.C16H33BN6O8S.8H2S/c1-11(21)15(27)23-12(2)16(28)24-19(17(29)30)10-26(9-14(19)5-4-8-20(31)32)35(33,34)25-13(3)18(22)6-7-18;2*1-9(19)14(25)21-10(2)15(26)22-17(16(27)28)8-24(7-11(17)4-3-5-18(29)30)33(31,32)23-13-6-12(13)20;1-10(19)13(24)21-11(2)14(25)22-16(15(26)27)9-23(32(30,31)20-7-6-18)8-12(16)4-3-5-17(28)29;;;;;;;;/h11-14,25,31-32H,4-10,21-22H2,1-3H3,(H,23,27)(H,24,28)(H,29,30);2*9-13,23,29-30H,3-8,19-20H2,1-2H3,(H,21,25)(H,22,26)(H,27,28);10-12,20,28-29H,3-9,18-19H2,1-2H3,(H,21,24)(H,22,25)(H,26,27);8*1H2/t11-,12-,13?,14-,19-;9-,10-,11-,12+,13+,17-;9-,10-,11-,12-,13-,17-;10-,11-,12-,16-;;;;;;;;/m0000......../s1. The lowest BCUT2D eigenvalue weighted by Crippen LogP contribution is -2.64. The van der Waals surface area contributed by atoms with Crippen LogP contribution in [0.3, 0.4) is 0 Å². The highest BCUT2D eigenvalue weighted by Crippen LogP contribution is 2.41. The van der Waals surface area contributed by atoms with E-state index in [0.29, 0.717) is 25.7 Å². The van der Waals surface area contributed by atoms with E-state index in [9.17, 15) is 112 Å². The molecule has 7 fully saturated rings. The van der Waals surface area contributed by atoms with E-state index >= 15 is 0 Å². The van der Waals surface area contributed by atoms with Crippen molar-refractivity contribution in [3.05, 3.63) is 0 Å². The van der Waals surface area contributed by atoms with Gasteiger partial charge in [0.05, 0.1) is 24.2 Å². The topological polar surface area (TPSA) is 950 Å². The van der Waals surface area contributed by atoms with Gasteiger partial charge in [0.25, 0.3) is 40.8 Å². The number of carbonyl (C=O) groups is 12. The van der Waals surface area contributed by atoms with Crippen LogP contribution in [0.2, 0.25) is 25.3 Å². The summed E-state index contributed by atoms with van der Waals surface area (Å²) >= 11 is 0. The largest absolute Gasteiger partial charge is 0.479 e. The Morgan fingerprint density at radius 3 is 0.745 bits per heavy atom. The molecule has 1 unspecified atom stereocenters. The molecule has 3 aliphatic carbocycles. The second-order valence-corrected chi connectivity index (χ2v) is 42.1. The Balaban J connectivity index is -0.000000572. The quantitative estimate of drug-likeness (QED) is 0.0252. The lowest BCUT2D eigenvalue weighted by atomic mass is 9.78. The molecule has 72 heteroatoms. The van der Waals surface area contributed by atoms with Crippen LogP contribution in [0.4, 0.5) is 0 Å². The molecule has 0 aromatic heterocycles. The first kappa shape index (κ1) is 145. The molecule has 4 heterocycles. The highest BCUT2D eigenvalue weighted by atomic mass is 32.2. The normalized spacial score (nSPS) is 25.5. The van der Waals surface area contributed by atoms with E-state index in [4.69, 9.17) is 86.1 Å². The smallest absolute Gasteiger partial charge is 0.451 e. The van der Waals surface area contributed by atoms with Crippen molar-refractivity contribution in [1.82, 2.24) is 78.6 Å². The number of amides is 8. The summed E-state index contributed by atoms with van der Waals surface area (Å²) in [7, 11) is -22.9. The summed E-state index contributed by atoms with van der Waals surface area (Å²) in [5.74, 6) is -15.1. The summed E-state index contributed by atoms with van der Waals surface area (Å²) in [6.45, 7) is 9.56. The molecule has 7 rings (SSSR count). The number of nitrogens with one attached hydrogen (secondary N) is 12. The molecule has 824 valence electrons. The van der Waals surface area contributed by atoms with Gasteiger partial charge in [0.1, 0.15) is 24.2 Å². The minimum atomic E-state index is -4.16. The van der Waals surface area contributed by atoms with E-state index in [0.717, 1.165) is 17.2 Å². The maximum Gasteiger partial charge on any atom is 0.451 e. The van der Waals surface area contributed by atoms with Crippen LogP contribution >= 0.6 is 108 Å². The highest BCUT2D eigenvalue weighted by Gasteiger charge is 2.62. The fourth-order valence-electron chi connectivity index (χ4n) is 15.0. The summed E-state index contributed by atoms with van der Waals surface area (Å²) in [6.07, 6.45) is 3.10. The fraction of sp³-hybridized carbons (Fsp3) is 0.826.